The second kappa shape index (κ2) is 8.03. The smallest absolute Gasteiger partial charge is 0.331 e. The summed E-state index contributed by atoms with van der Waals surface area (Å²) in [6.45, 7) is 8.71. The molecule has 3 N–H and O–H groups in total. The minimum Gasteiger partial charge on any atom is -0.370 e. The highest BCUT2D eigenvalue weighted by atomic mass is 35.5. The van der Waals surface area contributed by atoms with Gasteiger partial charge in [-0.25, -0.2) is 4.79 Å². The maximum Gasteiger partial charge on any atom is 0.331 e. The van der Waals surface area contributed by atoms with Gasteiger partial charge >= 0.3 is 6.03 Å². The molecule has 2 amide bonds. The summed E-state index contributed by atoms with van der Waals surface area (Å²) in [5, 5.41) is 8.21. The summed E-state index contributed by atoms with van der Waals surface area (Å²) in [5.74, 6) is -0.0364. The van der Waals surface area contributed by atoms with E-state index in [-0.39, 0.29) is 17.9 Å². The molecule has 0 heterocycles. The van der Waals surface area contributed by atoms with E-state index in [4.69, 9.17) is 22.7 Å². The molecule has 1 rings (SSSR count). The van der Waals surface area contributed by atoms with Crippen molar-refractivity contribution in [1.82, 2.24) is 4.90 Å². The first-order chi connectivity index (χ1) is 10.3. The number of nitrogens with two attached hydrogens (primary N) is 1. The summed E-state index contributed by atoms with van der Waals surface area (Å²) in [7, 11) is 0. The first-order valence-corrected chi connectivity index (χ1v) is 7.91. The summed E-state index contributed by atoms with van der Waals surface area (Å²) in [5.41, 5.74) is 7.29. The van der Waals surface area contributed by atoms with Crippen LogP contribution < -0.4 is 10.6 Å². The van der Waals surface area contributed by atoms with Crippen molar-refractivity contribution >= 4 is 29.3 Å². The fraction of sp³-hybridized carbons (Fsp3) is 0.500. The van der Waals surface area contributed by atoms with E-state index in [1.54, 1.807) is 11.0 Å². The summed E-state index contributed by atoms with van der Waals surface area (Å²) in [4.78, 5) is 15.7. The van der Waals surface area contributed by atoms with Crippen LogP contribution in [0.4, 0.5) is 10.5 Å². The van der Waals surface area contributed by atoms with Crippen LogP contribution in [0.2, 0.25) is 5.02 Å². The zero-order valence-corrected chi connectivity index (χ0v) is 14.4. The normalized spacial score (nSPS) is 10.6. The number of para-hydroxylation sites is 1. The number of urea groups is 1. The zero-order valence-electron chi connectivity index (χ0n) is 13.7. The van der Waals surface area contributed by atoms with Crippen molar-refractivity contribution in [3.63, 3.8) is 0 Å². The number of anilines is 1. The molecule has 0 aliphatic carbocycles. The van der Waals surface area contributed by atoms with Gasteiger partial charge in [0.2, 0.25) is 0 Å². The second-order valence-corrected chi connectivity index (χ2v) is 5.92. The van der Waals surface area contributed by atoms with Crippen LogP contribution in [0, 0.1) is 11.3 Å². The Balaban J connectivity index is 3.25. The van der Waals surface area contributed by atoms with Crippen LogP contribution in [0.5, 0.6) is 0 Å². The molecule has 0 fully saturated rings. The average Bonchev–Trinajstić information content (AvgIpc) is 2.46. The van der Waals surface area contributed by atoms with Crippen LogP contribution >= 0.6 is 11.6 Å². The van der Waals surface area contributed by atoms with Gasteiger partial charge in [-0.2, -0.15) is 0 Å². The number of nitrogens with one attached hydrogen (secondary N) is 1. The molecule has 0 aliphatic rings. The van der Waals surface area contributed by atoms with Gasteiger partial charge < -0.3 is 5.73 Å². The highest BCUT2D eigenvalue weighted by Gasteiger charge is 2.26. The Morgan fingerprint density at radius 1 is 1.36 bits per heavy atom. The van der Waals surface area contributed by atoms with E-state index in [1.807, 2.05) is 39.8 Å². The highest BCUT2D eigenvalue weighted by Crippen LogP contribution is 2.31. The third kappa shape index (κ3) is 4.13. The molecule has 0 bridgehead atoms. The van der Waals surface area contributed by atoms with Crippen LogP contribution in [0.25, 0.3) is 0 Å². The summed E-state index contributed by atoms with van der Waals surface area (Å²) in [6, 6.07) is 5.29. The number of benzene rings is 1. The minimum atomic E-state index is -0.313. The topological polar surface area (TPSA) is 73.4 Å². The van der Waals surface area contributed by atoms with Crippen LogP contribution in [-0.2, 0) is 6.42 Å². The van der Waals surface area contributed by atoms with Gasteiger partial charge in [-0.15, -0.1) is 0 Å². The number of hydrogen-bond acceptors (Lipinski definition) is 2. The lowest BCUT2D eigenvalue weighted by Gasteiger charge is -2.31. The van der Waals surface area contributed by atoms with Crippen molar-refractivity contribution in [2.45, 2.75) is 34.1 Å². The molecule has 0 spiro atoms. The molecule has 5 nitrogen and oxygen atoms in total. The molecule has 0 radical (unpaired) electrons. The maximum absolute atomic E-state index is 12.8. The Labute approximate surface area is 137 Å². The van der Waals surface area contributed by atoms with Crippen LogP contribution in [-0.4, -0.2) is 30.0 Å². The summed E-state index contributed by atoms with van der Waals surface area (Å²) >= 11 is 6.32. The van der Waals surface area contributed by atoms with Crippen molar-refractivity contribution in [3.8, 4) is 0 Å². The van der Waals surface area contributed by atoms with E-state index in [9.17, 15) is 4.79 Å². The number of amides is 2. The van der Waals surface area contributed by atoms with E-state index in [0.717, 1.165) is 12.0 Å². The van der Waals surface area contributed by atoms with Gasteiger partial charge in [-0.3, -0.25) is 15.2 Å². The van der Waals surface area contributed by atoms with E-state index in [1.165, 1.54) is 4.90 Å². The molecule has 0 aliphatic heterocycles. The molecule has 122 valence electrons. The average molecular weight is 325 g/mol. The molecule has 0 saturated carbocycles. The third-order valence-electron chi connectivity index (χ3n) is 3.34. The number of aryl methyl sites for hydroxylation is 1. The lowest BCUT2D eigenvalue weighted by Crippen LogP contribution is -2.50. The number of rotatable bonds is 5. The zero-order chi connectivity index (χ0) is 16.9. The Kier molecular flexibility index (Phi) is 6.68. The monoisotopic (exact) mass is 324 g/mol. The molecular weight excluding hydrogens is 300 g/mol. The quantitative estimate of drug-likeness (QED) is 0.640. The lowest BCUT2D eigenvalue weighted by molar-refractivity contribution is 0.222. The van der Waals surface area contributed by atoms with E-state index >= 15 is 0 Å². The third-order valence-corrected chi connectivity index (χ3v) is 3.64. The van der Waals surface area contributed by atoms with Crippen LogP contribution in [0.1, 0.15) is 33.3 Å². The van der Waals surface area contributed by atoms with Gasteiger partial charge in [-0.05, 0) is 30.9 Å². The van der Waals surface area contributed by atoms with Gasteiger partial charge in [-0.1, -0.05) is 44.5 Å². The van der Waals surface area contributed by atoms with Crippen LogP contribution in [0.15, 0.2) is 18.2 Å². The predicted octanol–water partition coefficient (Wildman–Crippen LogP) is 3.70. The fourth-order valence-corrected chi connectivity index (χ4v) is 2.62. The van der Waals surface area contributed by atoms with Gasteiger partial charge in [0, 0.05) is 13.1 Å². The molecule has 1 aromatic carbocycles. The highest BCUT2D eigenvalue weighted by molar-refractivity contribution is 6.34. The lowest BCUT2D eigenvalue weighted by atomic mass is 10.1. The predicted molar refractivity (Wildman–Crippen MR) is 92.7 cm³/mol. The maximum atomic E-state index is 12.8. The first-order valence-electron chi connectivity index (χ1n) is 7.53. The molecular formula is C16H25ClN4O. The Morgan fingerprint density at radius 2 is 2.00 bits per heavy atom. The van der Waals surface area contributed by atoms with E-state index in [0.29, 0.717) is 23.8 Å². The number of hydrogen-bond donors (Lipinski definition) is 2. The van der Waals surface area contributed by atoms with E-state index in [2.05, 4.69) is 0 Å². The van der Waals surface area contributed by atoms with Gasteiger partial charge in [0.15, 0.2) is 5.96 Å². The minimum absolute atomic E-state index is 0.212. The second-order valence-electron chi connectivity index (χ2n) is 5.52. The number of carbonyl (C=O) groups excluding carboxylic acids is 1. The van der Waals surface area contributed by atoms with Crippen molar-refractivity contribution in [1.29, 1.82) is 5.41 Å². The molecule has 0 aromatic heterocycles. The van der Waals surface area contributed by atoms with Crippen molar-refractivity contribution in [2.24, 2.45) is 11.7 Å². The van der Waals surface area contributed by atoms with Gasteiger partial charge in [0.1, 0.15) is 0 Å². The molecule has 22 heavy (non-hydrogen) atoms. The molecule has 1 aromatic rings. The fourth-order valence-electron chi connectivity index (χ4n) is 2.33. The number of halogens is 1. The molecule has 0 atom stereocenters. The first kappa shape index (κ1) is 18.3. The van der Waals surface area contributed by atoms with Crippen molar-refractivity contribution < 1.29 is 4.79 Å². The number of guanidine groups is 1. The molecule has 0 unspecified atom stereocenters. The standard InChI is InChI=1S/C16H25ClN4O/c1-5-12-8-7-9-13(17)14(12)20(6-2)16(22)21(15(18)19)10-11(3)4/h7-9,11H,5-6,10H2,1-4H3,(H3,18,19). The van der Waals surface area contributed by atoms with Gasteiger partial charge in [0.25, 0.3) is 0 Å². The number of nitrogens with zero attached hydrogens (tertiary/aromatic N) is 2. The largest absolute Gasteiger partial charge is 0.370 e. The Bertz CT molecular complexity index is 545. The summed E-state index contributed by atoms with van der Waals surface area (Å²) < 4.78 is 0. The Morgan fingerprint density at radius 3 is 2.45 bits per heavy atom. The molecule has 6 heteroatoms. The summed E-state index contributed by atoms with van der Waals surface area (Å²) in [6.07, 6.45) is 0.768. The molecule has 0 saturated heterocycles. The van der Waals surface area contributed by atoms with Crippen LogP contribution in [0.3, 0.4) is 0 Å². The van der Waals surface area contributed by atoms with Crippen molar-refractivity contribution in [2.75, 3.05) is 18.0 Å². The van der Waals surface area contributed by atoms with Crippen molar-refractivity contribution in [3.05, 3.63) is 28.8 Å². The van der Waals surface area contributed by atoms with Gasteiger partial charge in [0.05, 0.1) is 10.7 Å². The number of carbonyl (C=O) groups is 1. The van der Waals surface area contributed by atoms with E-state index < -0.39 is 0 Å². The SMILES string of the molecule is CCc1cccc(Cl)c1N(CC)C(=O)N(CC(C)C)C(=N)N. The Hall–Kier alpha value is -1.75.